The van der Waals surface area contributed by atoms with Gasteiger partial charge in [-0.2, -0.15) is 0 Å². The van der Waals surface area contributed by atoms with E-state index in [1.807, 2.05) is 23.5 Å². The van der Waals surface area contributed by atoms with Crippen LogP contribution in [0.1, 0.15) is 0 Å². The van der Waals surface area contributed by atoms with E-state index in [1.54, 1.807) is 0 Å². The molecule has 11 aromatic rings. The van der Waals surface area contributed by atoms with Crippen LogP contribution >= 0.6 is 23.5 Å². The van der Waals surface area contributed by atoms with Crippen LogP contribution in [-0.2, 0) is 0 Å². The van der Waals surface area contributed by atoms with Gasteiger partial charge in [-0.25, -0.2) is 0 Å². The van der Waals surface area contributed by atoms with E-state index in [4.69, 9.17) is 9.47 Å². The average molecular weight is 951 g/mol. The topological polar surface area (TPSA) is 18.5 Å². The molecule has 0 bridgehead atoms. The van der Waals surface area contributed by atoms with E-state index in [2.05, 4.69) is 243 Å². The summed E-state index contributed by atoms with van der Waals surface area (Å²) in [5.41, 5.74) is 21.6. The van der Waals surface area contributed by atoms with Gasteiger partial charge in [-0.3, -0.25) is 0 Å². The number of para-hydroxylation sites is 1. The van der Waals surface area contributed by atoms with Gasteiger partial charge < -0.3 is 9.47 Å². The highest BCUT2D eigenvalue weighted by atomic mass is 32.2. The minimum absolute atomic E-state index is 0.0465. The normalized spacial score (nSPS) is 13.1. The summed E-state index contributed by atoms with van der Waals surface area (Å²) in [5.74, 6) is 3.42. The maximum atomic E-state index is 7.35. The summed E-state index contributed by atoms with van der Waals surface area (Å²) < 4.78 is 14.3. The third kappa shape index (κ3) is 6.63. The van der Waals surface area contributed by atoms with Crippen molar-refractivity contribution in [3.05, 3.63) is 243 Å². The van der Waals surface area contributed by atoms with Gasteiger partial charge in [-0.15, -0.1) is 0 Å². The molecular weight excluding hydrogens is 910 g/mol. The summed E-state index contributed by atoms with van der Waals surface area (Å²) in [6, 6.07) is 88.5. The Balaban J connectivity index is 0.930. The van der Waals surface area contributed by atoms with Crippen LogP contribution in [0.15, 0.2) is 262 Å². The standard InChI is InChI=1S/C66H40B2O2S2/c1-5-19-41(20-6-1)47-27-17-28-48(42-21-7-2-8-22-42)63(47)45-35-57-65-58(36-45)70-56-40-60-54(39-53(56)67(65)51-31-13-15-33-55(51)69-57)68-52-32-14-16-34-59(52)71-61-37-46(38-62(72-60)66(61)68)64-49(43-23-9-3-10-24-43)29-18-30-50(64)44-25-11-4-12-26-44/h1-40H. The zero-order chi connectivity index (χ0) is 47.3. The highest BCUT2D eigenvalue weighted by Gasteiger charge is 2.44. The van der Waals surface area contributed by atoms with Crippen molar-refractivity contribution in [3.63, 3.8) is 0 Å². The van der Waals surface area contributed by atoms with Gasteiger partial charge in [0.1, 0.15) is 23.0 Å². The SMILES string of the molecule is c1ccc(-c2cccc(-c3ccccc3)c2-c2cc3c4c(c2)Oc2cc5c(cc2B4c2ccccc2O3)B2c3ccccc3Sc3cc(-c4c(-c6ccccc6)cccc4-c4ccccc4)cc(c32)S5)cc1. The molecule has 0 saturated carbocycles. The largest absolute Gasteiger partial charge is 0.458 e. The maximum absolute atomic E-state index is 7.35. The second-order valence-electron chi connectivity index (χ2n) is 19.0. The highest BCUT2D eigenvalue weighted by Crippen LogP contribution is 2.48. The first kappa shape index (κ1) is 41.6. The molecular formula is C66H40B2O2S2. The van der Waals surface area contributed by atoms with Gasteiger partial charge in [0.05, 0.1) is 0 Å². The number of rotatable bonds is 6. The van der Waals surface area contributed by atoms with Crippen molar-refractivity contribution >= 4 is 69.7 Å². The molecule has 0 aromatic heterocycles. The van der Waals surface area contributed by atoms with Crippen molar-refractivity contribution in [3.8, 4) is 89.8 Å². The molecule has 0 saturated heterocycles. The van der Waals surface area contributed by atoms with Gasteiger partial charge in [0.15, 0.2) is 0 Å². The fourth-order valence-electron chi connectivity index (χ4n) is 11.8. The Morgan fingerprint density at radius 2 is 0.681 bits per heavy atom. The molecule has 0 N–H and O–H groups in total. The van der Waals surface area contributed by atoms with Gasteiger partial charge in [0.25, 0.3) is 6.71 Å². The quantitative estimate of drug-likeness (QED) is 0.155. The van der Waals surface area contributed by atoms with Gasteiger partial charge in [-0.1, -0.05) is 235 Å². The Morgan fingerprint density at radius 1 is 0.250 bits per heavy atom. The van der Waals surface area contributed by atoms with E-state index in [-0.39, 0.29) is 13.4 Å². The Kier molecular flexibility index (Phi) is 9.67. The molecule has 4 heterocycles. The van der Waals surface area contributed by atoms with Crippen molar-refractivity contribution in [2.75, 3.05) is 0 Å². The Bertz CT molecular complexity index is 3620. The molecule has 0 spiro atoms. The summed E-state index contributed by atoms with van der Waals surface area (Å²) in [6.07, 6.45) is 0. The predicted octanol–water partition coefficient (Wildman–Crippen LogP) is 13.9. The Hall–Kier alpha value is -8.15. The number of hydrogen-bond acceptors (Lipinski definition) is 4. The molecule has 0 atom stereocenters. The molecule has 6 heteroatoms. The lowest BCUT2D eigenvalue weighted by Gasteiger charge is -2.37. The molecule has 4 aliphatic rings. The molecule has 72 heavy (non-hydrogen) atoms. The molecule has 0 fully saturated rings. The number of benzene rings is 11. The lowest BCUT2D eigenvalue weighted by Crippen LogP contribution is -2.62. The third-order valence-corrected chi connectivity index (χ3v) is 17.2. The zero-order valence-electron chi connectivity index (χ0n) is 38.9. The van der Waals surface area contributed by atoms with E-state index in [0.717, 1.165) is 67.3 Å². The van der Waals surface area contributed by atoms with Crippen molar-refractivity contribution in [1.29, 1.82) is 0 Å². The maximum Gasteiger partial charge on any atom is 0.260 e. The van der Waals surface area contributed by atoms with Crippen molar-refractivity contribution in [2.45, 2.75) is 19.6 Å². The van der Waals surface area contributed by atoms with Crippen LogP contribution in [0.5, 0.6) is 23.0 Å². The number of ether oxygens (including phenoxy) is 2. The molecule has 2 nitrogen and oxygen atoms in total. The monoisotopic (exact) mass is 950 g/mol. The number of fused-ring (bicyclic) bond motifs is 8. The molecule has 15 rings (SSSR count). The first-order valence-corrected chi connectivity index (χ1v) is 26.2. The molecule has 0 unspecified atom stereocenters. The summed E-state index contributed by atoms with van der Waals surface area (Å²) in [4.78, 5) is 5.11. The second-order valence-corrected chi connectivity index (χ2v) is 21.1. The van der Waals surface area contributed by atoms with Gasteiger partial charge in [-0.05, 0) is 126 Å². The van der Waals surface area contributed by atoms with Gasteiger partial charge in [0, 0.05) is 25.0 Å². The zero-order valence-corrected chi connectivity index (χ0v) is 40.5. The van der Waals surface area contributed by atoms with E-state index in [1.165, 1.54) is 74.8 Å². The fraction of sp³-hybridized carbons (Fsp3) is 0. The van der Waals surface area contributed by atoms with E-state index in [0.29, 0.717) is 0 Å². The van der Waals surface area contributed by atoms with E-state index < -0.39 is 0 Å². The van der Waals surface area contributed by atoms with Gasteiger partial charge in [0.2, 0.25) is 6.71 Å². The summed E-state index contributed by atoms with van der Waals surface area (Å²) in [6.45, 7) is -0.0430. The fourth-order valence-corrected chi connectivity index (χ4v) is 14.3. The van der Waals surface area contributed by atoms with Crippen LogP contribution in [0.4, 0.5) is 0 Å². The summed E-state index contributed by atoms with van der Waals surface area (Å²) in [7, 11) is 0. The van der Waals surface area contributed by atoms with Crippen LogP contribution in [0.3, 0.4) is 0 Å². The molecule has 11 aromatic carbocycles. The minimum atomic E-state index is -0.0895. The number of hydrogen-bond donors (Lipinski definition) is 0. The molecule has 0 radical (unpaired) electrons. The average Bonchev–Trinajstić information content (AvgIpc) is 3.45. The van der Waals surface area contributed by atoms with Crippen molar-refractivity contribution < 1.29 is 9.47 Å². The Labute approximate surface area is 428 Å². The van der Waals surface area contributed by atoms with Crippen LogP contribution in [0, 0.1) is 0 Å². The first-order chi connectivity index (χ1) is 35.7. The van der Waals surface area contributed by atoms with Gasteiger partial charge >= 0.3 is 0 Å². The molecule has 0 amide bonds. The van der Waals surface area contributed by atoms with E-state index in [9.17, 15) is 0 Å². The molecule has 334 valence electrons. The predicted molar refractivity (Wildman–Crippen MR) is 303 cm³/mol. The summed E-state index contributed by atoms with van der Waals surface area (Å²) >= 11 is 3.79. The first-order valence-electron chi connectivity index (χ1n) is 24.6. The Morgan fingerprint density at radius 3 is 1.22 bits per heavy atom. The lowest BCUT2D eigenvalue weighted by molar-refractivity contribution is 0.464. The van der Waals surface area contributed by atoms with Crippen LogP contribution in [0.2, 0.25) is 0 Å². The van der Waals surface area contributed by atoms with Crippen LogP contribution in [0.25, 0.3) is 66.8 Å². The van der Waals surface area contributed by atoms with Crippen LogP contribution in [-0.4, -0.2) is 13.4 Å². The summed E-state index contributed by atoms with van der Waals surface area (Å²) in [5, 5.41) is 0. The third-order valence-electron chi connectivity index (χ3n) is 14.9. The minimum Gasteiger partial charge on any atom is -0.458 e. The van der Waals surface area contributed by atoms with E-state index >= 15 is 0 Å². The molecule has 0 aliphatic carbocycles. The van der Waals surface area contributed by atoms with Crippen molar-refractivity contribution in [2.24, 2.45) is 0 Å². The van der Waals surface area contributed by atoms with Crippen LogP contribution < -0.4 is 42.3 Å². The van der Waals surface area contributed by atoms with Crippen molar-refractivity contribution in [1.82, 2.24) is 0 Å². The smallest absolute Gasteiger partial charge is 0.260 e. The highest BCUT2D eigenvalue weighted by molar-refractivity contribution is 8.01. The molecule has 4 aliphatic heterocycles. The lowest BCUT2D eigenvalue weighted by atomic mass is 9.32. The second kappa shape index (κ2) is 16.7.